The molecule has 1 amide bonds. The Balaban J connectivity index is 1.55. The number of aromatic nitrogens is 2. The van der Waals surface area contributed by atoms with Crippen LogP contribution in [0.15, 0.2) is 12.4 Å². The predicted molar refractivity (Wildman–Crippen MR) is 85.5 cm³/mol. The highest BCUT2D eigenvalue weighted by atomic mass is 16.5. The van der Waals surface area contributed by atoms with Gasteiger partial charge in [-0.15, -0.1) is 0 Å². The normalized spacial score (nSPS) is 16.2. The van der Waals surface area contributed by atoms with Gasteiger partial charge in [0.05, 0.1) is 6.10 Å². The molecule has 1 aromatic heterocycles. The molecule has 0 aliphatic heterocycles. The van der Waals surface area contributed by atoms with Crippen LogP contribution in [-0.2, 0) is 4.74 Å². The summed E-state index contributed by atoms with van der Waals surface area (Å²) in [7, 11) is 0. The molecule has 0 bridgehead atoms. The molecule has 3 N–H and O–H groups in total. The van der Waals surface area contributed by atoms with Crippen molar-refractivity contribution in [3.8, 4) is 0 Å². The smallest absolute Gasteiger partial charge is 0.273 e. The Morgan fingerprint density at radius 1 is 1.18 bits per heavy atom. The van der Waals surface area contributed by atoms with E-state index in [0.29, 0.717) is 12.6 Å². The fourth-order valence-electron chi connectivity index (χ4n) is 2.70. The van der Waals surface area contributed by atoms with Crippen LogP contribution in [0.1, 0.15) is 61.9 Å². The summed E-state index contributed by atoms with van der Waals surface area (Å²) in [6.45, 7) is 1.37. The summed E-state index contributed by atoms with van der Waals surface area (Å²) in [5.41, 5.74) is 5.81. The number of nitrogen functional groups attached to an aromatic ring is 1. The van der Waals surface area contributed by atoms with E-state index in [1.165, 1.54) is 50.9 Å². The minimum Gasteiger partial charge on any atom is -0.382 e. The summed E-state index contributed by atoms with van der Waals surface area (Å²) in [6, 6.07) is 0. The van der Waals surface area contributed by atoms with Gasteiger partial charge >= 0.3 is 0 Å². The number of hydrogen-bond donors (Lipinski definition) is 2. The topological polar surface area (TPSA) is 90.1 Å². The van der Waals surface area contributed by atoms with Crippen LogP contribution in [0, 0.1) is 0 Å². The average molecular weight is 306 g/mol. The van der Waals surface area contributed by atoms with Gasteiger partial charge in [-0.05, 0) is 25.7 Å². The van der Waals surface area contributed by atoms with Gasteiger partial charge in [0, 0.05) is 25.5 Å². The highest BCUT2D eigenvalue weighted by Crippen LogP contribution is 2.19. The third-order valence-electron chi connectivity index (χ3n) is 3.95. The van der Waals surface area contributed by atoms with Gasteiger partial charge in [-0.1, -0.05) is 25.7 Å². The molecule has 0 aromatic carbocycles. The maximum atomic E-state index is 11.9. The van der Waals surface area contributed by atoms with Gasteiger partial charge in [0.25, 0.3) is 5.91 Å². The van der Waals surface area contributed by atoms with Gasteiger partial charge in [0.1, 0.15) is 0 Å². The molecule has 1 aromatic rings. The van der Waals surface area contributed by atoms with Crippen LogP contribution < -0.4 is 11.1 Å². The Morgan fingerprint density at radius 2 is 1.91 bits per heavy atom. The third kappa shape index (κ3) is 5.60. The fourth-order valence-corrected chi connectivity index (χ4v) is 2.70. The van der Waals surface area contributed by atoms with Gasteiger partial charge < -0.3 is 15.8 Å². The molecule has 0 saturated heterocycles. The molecule has 1 aliphatic carbocycles. The maximum absolute atomic E-state index is 11.9. The molecule has 1 fully saturated rings. The van der Waals surface area contributed by atoms with Crippen molar-refractivity contribution in [1.82, 2.24) is 15.3 Å². The van der Waals surface area contributed by atoms with Gasteiger partial charge in [-0.2, -0.15) is 0 Å². The highest BCUT2D eigenvalue weighted by molar-refractivity contribution is 5.96. The lowest BCUT2D eigenvalue weighted by Gasteiger charge is -2.15. The predicted octanol–water partition coefficient (Wildman–Crippen LogP) is 2.31. The van der Waals surface area contributed by atoms with Gasteiger partial charge in [-0.25, -0.2) is 9.97 Å². The van der Waals surface area contributed by atoms with Crippen molar-refractivity contribution in [3.05, 3.63) is 18.1 Å². The molecule has 0 radical (unpaired) electrons. The van der Waals surface area contributed by atoms with Gasteiger partial charge in [0.2, 0.25) is 0 Å². The van der Waals surface area contributed by atoms with Crippen LogP contribution in [0.5, 0.6) is 0 Å². The summed E-state index contributed by atoms with van der Waals surface area (Å²) in [5.74, 6) is -0.105. The Labute approximate surface area is 131 Å². The number of ether oxygens (including phenoxy) is 1. The number of carbonyl (C=O) groups is 1. The van der Waals surface area contributed by atoms with Crippen LogP contribution >= 0.6 is 0 Å². The van der Waals surface area contributed by atoms with Crippen molar-refractivity contribution < 1.29 is 9.53 Å². The second-order valence-electron chi connectivity index (χ2n) is 5.74. The van der Waals surface area contributed by atoms with E-state index in [4.69, 9.17) is 10.5 Å². The zero-order valence-electron chi connectivity index (χ0n) is 13.1. The lowest BCUT2D eigenvalue weighted by Crippen LogP contribution is -2.27. The summed E-state index contributed by atoms with van der Waals surface area (Å²) >= 11 is 0. The van der Waals surface area contributed by atoms with E-state index in [9.17, 15) is 4.79 Å². The lowest BCUT2D eigenvalue weighted by atomic mass is 10.1. The highest BCUT2D eigenvalue weighted by Gasteiger charge is 2.12. The number of nitrogens with one attached hydrogen (secondary N) is 1. The molecule has 6 nitrogen and oxygen atoms in total. The first-order chi connectivity index (χ1) is 10.8. The molecule has 6 heteroatoms. The number of hydrogen-bond acceptors (Lipinski definition) is 5. The lowest BCUT2D eigenvalue weighted by molar-refractivity contribution is 0.0409. The number of carbonyl (C=O) groups excluding carboxylic acids is 1. The largest absolute Gasteiger partial charge is 0.382 e. The van der Waals surface area contributed by atoms with E-state index in [2.05, 4.69) is 15.3 Å². The van der Waals surface area contributed by atoms with Gasteiger partial charge in [-0.3, -0.25) is 4.79 Å². The first-order valence-corrected chi connectivity index (χ1v) is 8.23. The van der Waals surface area contributed by atoms with Crippen molar-refractivity contribution >= 4 is 11.7 Å². The SMILES string of the molecule is Nc1nccnc1C(=O)NCCCCOC1CCCCCC1. The number of rotatable bonds is 7. The molecule has 122 valence electrons. The molecule has 0 spiro atoms. The summed E-state index contributed by atoms with van der Waals surface area (Å²) in [5, 5.41) is 2.81. The maximum Gasteiger partial charge on any atom is 0.273 e. The Kier molecular flexibility index (Phi) is 7.09. The minimum atomic E-state index is -0.268. The summed E-state index contributed by atoms with van der Waals surface area (Å²) in [4.78, 5) is 19.6. The van der Waals surface area contributed by atoms with Crippen LogP contribution in [0.3, 0.4) is 0 Å². The van der Waals surface area contributed by atoms with Gasteiger partial charge in [0.15, 0.2) is 11.5 Å². The number of nitrogens with zero attached hydrogens (tertiary/aromatic N) is 2. The number of unbranched alkanes of at least 4 members (excludes halogenated alkanes) is 1. The molecule has 1 saturated carbocycles. The molecule has 2 rings (SSSR count). The number of anilines is 1. The van der Waals surface area contributed by atoms with Crippen LogP contribution in [0.2, 0.25) is 0 Å². The van der Waals surface area contributed by atoms with Crippen molar-refractivity contribution in [2.24, 2.45) is 0 Å². The minimum absolute atomic E-state index is 0.164. The monoisotopic (exact) mass is 306 g/mol. The second kappa shape index (κ2) is 9.35. The van der Waals surface area contributed by atoms with E-state index in [1.807, 2.05) is 0 Å². The summed E-state index contributed by atoms with van der Waals surface area (Å²) in [6.07, 6.45) is 12.9. The number of nitrogens with two attached hydrogens (primary N) is 1. The first kappa shape index (κ1) is 16.7. The molecular weight excluding hydrogens is 280 g/mol. The average Bonchev–Trinajstić information content (AvgIpc) is 2.79. The molecular formula is C16H26N4O2. The standard InChI is InChI=1S/C16H26N4O2/c17-15-14(18-10-11-19-15)16(21)20-9-5-6-12-22-13-7-3-1-2-4-8-13/h10-11,13H,1-9,12H2,(H2,17,19)(H,20,21). The van der Waals surface area contributed by atoms with E-state index in [1.54, 1.807) is 0 Å². The zero-order valence-corrected chi connectivity index (χ0v) is 13.1. The Hall–Kier alpha value is -1.69. The van der Waals surface area contributed by atoms with E-state index >= 15 is 0 Å². The second-order valence-corrected chi connectivity index (χ2v) is 5.74. The van der Waals surface area contributed by atoms with Crippen LogP contribution in [0.25, 0.3) is 0 Å². The summed E-state index contributed by atoms with van der Waals surface area (Å²) < 4.78 is 5.92. The molecule has 0 atom stereocenters. The van der Waals surface area contributed by atoms with Crippen molar-refractivity contribution in [2.45, 2.75) is 57.5 Å². The van der Waals surface area contributed by atoms with Crippen molar-refractivity contribution in [2.75, 3.05) is 18.9 Å². The van der Waals surface area contributed by atoms with E-state index < -0.39 is 0 Å². The van der Waals surface area contributed by atoms with E-state index in [0.717, 1.165) is 19.4 Å². The first-order valence-electron chi connectivity index (χ1n) is 8.23. The number of amides is 1. The van der Waals surface area contributed by atoms with E-state index in [-0.39, 0.29) is 17.4 Å². The van der Waals surface area contributed by atoms with Crippen molar-refractivity contribution in [1.29, 1.82) is 0 Å². The quantitative estimate of drug-likeness (QED) is 0.596. The Morgan fingerprint density at radius 3 is 2.64 bits per heavy atom. The molecule has 1 aliphatic rings. The van der Waals surface area contributed by atoms with Crippen molar-refractivity contribution in [3.63, 3.8) is 0 Å². The Bertz CT molecular complexity index is 459. The third-order valence-corrected chi connectivity index (χ3v) is 3.95. The zero-order chi connectivity index (χ0) is 15.6. The van der Waals surface area contributed by atoms with Crippen LogP contribution in [-0.4, -0.2) is 35.1 Å². The molecule has 22 heavy (non-hydrogen) atoms. The van der Waals surface area contributed by atoms with Crippen LogP contribution in [0.4, 0.5) is 5.82 Å². The molecule has 1 heterocycles. The fraction of sp³-hybridized carbons (Fsp3) is 0.688. The molecule has 0 unspecified atom stereocenters.